The van der Waals surface area contributed by atoms with E-state index in [9.17, 15) is 0 Å². The second kappa shape index (κ2) is 3.27. The molecule has 0 amide bonds. The average molecular weight is 213 g/mol. The van der Waals surface area contributed by atoms with E-state index in [-0.39, 0.29) is 0 Å². The van der Waals surface area contributed by atoms with Crippen molar-refractivity contribution in [2.75, 3.05) is 5.73 Å². The molecular formula is C7H5ClN4S. The number of nitrogens with two attached hydrogens (primary N) is 1. The summed E-state index contributed by atoms with van der Waals surface area (Å²) in [5.41, 5.74) is 6.13. The molecule has 6 heteroatoms. The van der Waals surface area contributed by atoms with Gasteiger partial charge in [-0.15, -0.1) is 10.2 Å². The molecule has 13 heavy (non-hydrogen) atoms. The lowest BCUT2D eigenvalue weighted by Gasteiger charge is -1.93. The zero-order chi connectivity index (χ0) is 9.26. The van der Waals surface area contributed by atoms with Crippen LogP contribution in [0.2, 0.25) is 5.02 Å². The Morgan fingerprint density at radius 3 is 2.85 bits per heavy atom. The Morgan fingerprint density at radius 2 is 2.23 bits per heavy atom. The highest BCUT2D eigenvalue weighted by Crippen LogP contribution is 2.24. The second-order valence-corrected chi connectivity index (χ2v) is 3.75. The van der Waals surface area contributed by atoms with Crippen molar-refractivity contribution in [2.24, 2.45) is 0 Å². The van der Waals surface area contributed by atoms with E-state index in [1.807, 2.05) is 0 Å². The van der Waals surface area contributed by atoms with Crippen molar-refractivity contribution in [1.82, 2.24) is 15.2 Å². The fourth-order valence-corrected chi connectivity index (χ4v) is 1.60. The maximum Gasteiger partial charge on any atom is 0.203 e. The summed E-state index contributed by atoms with van der Waals surface area (Å²) in [5.74, 6) is 0. The predicted molar refractivity (Wildman–Crippen MR) is 52.6 cm³/mol. The van der Waals surface area contributed by atoms with Gasteiger partial charge in [-0.25, -0.2) is 0 Å². The van der Waals surface area contributed by atoms with E-state index in [1.165, 1.54) is 11.3 Å². The van der Waals surface area contributed by atoms with Crippen LogP contribution in [-0.4, -0.2) is 15.2 Å². The number of nitrogens with zero attached hydrogens (tertiary/aromatic N) is 3. The van der Waals surface area contributed by atoms with Gasteiger partial charge in [-0.05, 0) is 12.1 Å². The maximum absolute atomic E-state index is 5.79. The molecule has 2 aromatic heterocycles. The zero-order valence-electron chi connectivity index (χ0n) is 6.44. The van der Waals surface area contributed by atoms with Gasteiger partial charge in [-0.3, -0.25) is 4.98 Å². The van der Waals surface area contributed by atoms with Gasteiger partial charge in [0, 0.05) is 11.2 Å². The first-order valence-electron chi connectivity index (χ1n) is 3.46. The number of aromatic nitrogens is 3. The van der Waals surface area contributed by atoms with Gasteiger partial charge in [0.25, 0.3) is 0 Å². The van der Waals surface area contributed by atoms with Crippen LogP contribution in [0.3, 0.4) is 0 Å². The summed E-state index contributed by atoms with van der Waals surface area (Å²) in [6, 6.07) is 3.43. The average Bonchev–Trinajstić information content (AvgIpc) is 2.52. The summed E-state index contributed by atoms with van der Waals surface area (Å²) in [6.07, 6.45) is 1.62. The summed E-state index contributed by atoms with van der Waals surface area (Å²) in [7, 11) is 0. The highest BCUT2D eigenvalue weighted by molar-refractivity contribution is 7.18. The first-order valence-corrected chi connectivity index (χ1v) is 4.66. The van der Waals surface area contributed by atoms with E-state index in [0.29, 0.717) is 20.9 Å². The zero-order valence-corrected chi connectivity index (χ0v) is 8.01. The van der Waals surface area contributed by atoms with Crippen molar-refractivity contribution in [2.45, 2.75) is 0 Å². The van der Waals surface area contributed by atoms with Crippen LogP contribution < -0.4 is 5.73 Å². The smallest absolute Gasteiger partial charge is 0.203 e. The number of rotatable bonds is 1. The monoisotopic (exact) mass is 212 g/mol. The minimum Gasteiger partial charge on any atom is -0.374 e. The van der Waals surface area contributed by atoms with Gasteiger partial charge < -0.3 is 5.73 Å². The fraction of sp³-hybridized carbons (Fsp3) is 0. The highest BCUT2D eigenvalue weighted by atomic mass is 35.5. The number of hydrogen-bond acceptors (Lipinski definition) is 5. The molecular weight excluding hydrogens is 208 g/mol. The van der Waals surface area contributed by atoms with E-state index < -0.39 is 0 Å². The fourth-order valence-electron chi connectivity index (χ4n) is 0.860. The highest BCUT2D eigenvalue weighted by Gasteiger charge is 2.05. The molecule has 2 rings (SSSR count). The van der Waals surface area contributed by atoms with Gasteiger partial charge in [0.05, 0.1) is 0 Å². The van der Waals surface area contributed by atoms with E-state index in [4.69, 9.17) is 17.3 Å². The standard InChI is InChI=1S/C7H5ClN4S/c8-4-1-2-10-5(3-4)6-11-12-7(9)13-6/h1-3H,(H2,9,12). The van der Waals surface area contributed by atoms with Crippen LogP contribution in [0.5, 0.6) is 0 Å². The third-order valence-electron chi connectivity index (χ3n) is 1.38. The lowest BCUT2D eigenvalue weighted by Crippen LogP contribution is -1.82. The molecule has 2 heterocycles. The Morgan fingerprint density at radius 1 is 1.38 bits per heavy atom. The van der Waals surface area contributed by atoms with E-state index >= 15 is 0 Å². The number of nitrogen functional groups attached to an aromatic ring is 1. The van der Waals surface area contributed by atoms with Crippen LogP contribution in [0.1, 0.15) is 0 Å². The molecule has 0 spiro atoms. The molecule has 66 valence electrons. The van der Waals surface area contributed by atoms with Crippen LogP contribution >= 0.6 is 22.9 Å². The summed E-state index contributed by atoms with van der Waals surface area (Å²) < 4.78 is 0. The minimum atomic E-state index is 0.428. The third-order valence-corrected chi connectivity index (χ3v) is 2.39. The topological polar surface area (TPSA) is 64.7 Å². The number of pyridine rings is 1. The van der Waals surface area contributed by atoms with Crippen LogP contribution in [0.15, 0.2) is 18.3 Å². The van der Waals surface area contributed by atoms with E-state index in [1.54, 1.807) is 18.3 Å². The van der Waals surface area contributed by atoms with Gasteiger partial charge in [-0.1, -0.05) is 22.9 Å². The van der Waals surface area contributed by atoms with Crippen molar-refractivity contribution in [3.63, 3.8) is 0 Å². The predicted octanol–water partition coefficient (Wildman–Crippen LogP) is 1.84. The van der Waals surface area contributed by atoms with Gasteiger partial charge in [-0.2, -0.15) is 0 Å². The SMILES string of the molecule is Nc1nnc(-c2cc(Cl)ccn2)s1. The molecule has 2 N–H and O–H groups in total. The molecule has 4 nitrogen and oxygen atoms in total. The minimum absolute atomic E-state index is 0.428. The molecule has 0 saturated heterocycles. The van der Waals surface area contributed by atoms with Crippen molar-refractivity contribution in [3.8, 4) is 10.7 Å². The Hall–Kier alpha value is -1.20. The molecule has 0 fully saturated rings. The molecule has 0 aliphatic carbocycles. The lowest BCUT2D eigenvalue weighted by molar-refractivity contribution is 1.09. The van der Waals surface area contributed by atoms with Crippen molar-refractivity contribution in [3.05, 3.63) is 23.4 Å². The Balaban J connectivity index is 2.46. The molecule has 2 aromatic rings. The van der Waals surface area contributed by atoms with E-state index in [0.717, 1.165) is 0 Å². The number of anilines is 1. The molecule has 0 bridgehead atoms. The van der Waals surface area contributed by atoms with Gasteiger partial charge in [0.1, 0.15) is 5.69 Å². The molecule has 0 atom stereocenters. The molecule has 0 radical (unpaired) electrons. The van der Waals surface area contributed by atoms with Crippen molar-refractivity contribution < 1.29 is 0 Å². The van der Waals surface area contributed by atoms with Crippen LogP contribution in [0, 0.1) is 0 Å². The third kappa shape index (κ3) is 1.76. The van der Waals surface area contributed by atoms with Crippen LogP contribution in [0.4, 0.5) is 5.13 Å². The quantitative estimate of drug-likeness (QED) is 0.784. The Labute approximate surface area is 83.4 Å². The van der Waals surface area contributed by atoms with Crippen LogP contribution in [-0.2, 0) is 0 Å². The summed E-state index contributed by atoms with van der Waals surface area (Å²) in [6.45, 7) is 0. The maximum atomic E-state index is 5.79. The molecule has 0 unspecified atom stereocenters. The molecule has 0 aliphatic heterocycles. The Kier molecular flexibility index (Phi) is 2.12. The first kappa shape index (κ1) is 8.40. The summed E-state index contributed by atoms with van der Waals surface area (Å²) in [5, 5.41) is 9.27. The van der Waals surface area contributed by atoms with Gasteiger partial charge >= 0.3 is 0 Å². The first-order chi connectivity index (χ1) is 6.25. The largest absolute Gasteiger partial charge is 0.374 e. The number of halogens is 1. The summed E-state index contributed by atoms with van der Waals surface area (Å²) >= 11 is 7.07. The summed E-state index contributed by atoms with van der Waals surface area (Å²) in [4.78, 5) is 4.09. The molecule has 0 aromatic carbocycles. The van der Waals surface area contributed by atoms with Crippen molar-refractivity contribution >= 4 is 28.1 Å². The normalized spacial score (nSPS) is 10.2. The van der Waals surface area contributed by atoms with E-state index in [2.05, 4.69) is 15.2 Å². The van der Waals surface area contributed by atoms with Gasteiger partial charge in [0.2, 0.25) is 5.13 Å². The second-order valence-electron chi connectivity index (χ2n) is 2.30. The van der Waals surface area contributed by atoms with Gasteiger partial charge in [0.15, 0.2) is 5.01 Å². The molecule has 0 aliphatic rings. The Bertz CT molecular complexity index is 428. The molecule has 0 saturated carbocycles. The number of hydrogen-bond donors (Lipinski definition) is 1. The van der Waals surface area contributed by atoms with Crippen LogP contribution in [0.25, 0.3) is 10.7 Å². The van der Waals surface area contributed by atoms with Crippen molar-refractivity contribution in [1.29, 1.82) is 0 Å². The lowest BCUT2D eigenvalue weighted by atomic mass is 10.4.